The lowest BCUT2D eigenvalue weighted by molar-refractivity contribution is -0.143. The van der Waals surface area contributed by atoms with Gasteiger partial charge in [-0.05, 0) is 23.4 Å². The van der Waals surface area contributed by atoms with E-state index in [0.717, 1.165) is 4.57 Å². The Balaban J connectivity index is 2.92. The van der Waals surface area contributed by atoms with Crippen molar-refractivity contribution in [2.45, 2.75) is 6.18 Å². The van der Waals surface area contributed by atoms with Crippen LogP contribution in [0.4, 0.5) is 18.9 Å². The first-order chi connectivity index (χ1) is 9.31. The van der Waals surface area contributed by atoms with Gasteiger partial charge in [-0.2, -0.15) is 13.2 Å². The maximum atomic E-state index is 13.1. The van der Waals surface area contributed by atoms with Crippen LogP contribution in [0, 0.1) is 4.91 Å². The molecule has 0 aliphatic carbocycles. The Morgan fingerprint density at radius 3 is 2.50 bits per heavy atom. The van der Waals surface area contributed by atoms with Crippen LogP contribution in [-0.2, 0) is 13.2 Å². The van der Waals surface area contributed by atoms with E-state index < -0.39 is 23.3 Å². The third kappa shape index (κ3) is 2.02. The van der Waals surface area contributed by atoms with Gasteiger partial charge in [0, 0.05) is 19.5 Å². The van der Waals surface area contributed by atoms with Crippen molar-refractivity contribution in [2.75, 3.05) is 7.05 Å². The number of aromatic nitrogens is 1. The third-order valence-corrected chi connectivity index (χ3v) is 3.01. The first kappa shape index (κ1) is 14.0. The maximum absolute atomic E-state index is 13.1. The predicted molar refractivity (Wildman–Crippen MR) is 66.8 cm³/mol. The van der Waals surface area contributed by atoms with Crippen LogP contribution in [-0.4, -0.2) is 17.5 Å². The molecule has 1 amide bonds. The molecule has 2 rings (SSSR count). The van der Waals surface area contributed by atoms with Gasteiger partial charge in [0.15, 0.2) is 0 Å². The summed E-state index contributed by atoms with van der Waals surface area (Å²) in [5.74, 6) is -0.838. The summed E-state index contributed by atoms with van der Waals surface area (Å²) in [6.45, 7) is 0. The molecule has 0 atom stereocenters. The monoisotopic (exact) mass is 285 g/mol. The van der Waals surface area contributed by atoms with E-state index in [1.54, 1.807) is 0 Å². The number of nitroso groups, excluding NO2 is 1. The second-order valence-electron chi connectivity index (χ2n) is 4.15. The highest BCUT2D eigenvalue weighted by molar-refractivity contribution is 6.09. The molecular weight excluding hydrogens is 275 g/mol. The number of benzene rings is 1. The number of hydrogen-bond acceptors (Lipinski definition) is 3. The molecule has 0 aliphatic heterocycles. The largest absolute Gasteiger partial charge is 0.432 e. The summed E-state index contributed by atoms with van der Waals surface area (Å²) in [6.07, 6.45) is -4.69. The zero-order chi connectivity index (χ0) is 15.1. The number of hydrogen-bond donors (Lipinski definition) is 1. The number of fused-ring (bicyclic) bond motifs is 1. The summed E-state index contributed by atoms with van der Waals surface area (Å²) in [5, 5.41) is 4.99. The Hall–Kier alpha value is -2.38. The molecule has 0 radical (unpaired) electrons. The number of halogens is 3. The fourth-order valence-electron chi connectivity index (χ4n) is 2.17. The van der Waals surface area contributed by atoms with Gasteiger partial charge in [-0.25, -0.2) is 0 Å². The Kier molecular flexibility index (Phi) is 3.24. The molecule has 2 aromatic rings. The average molecular weight is 285 g/mol. The molecule has 20 heavy (non-hydrogen) atoms. The van der Waals surface area contributed by atoms with Crippen molar-refractivity contribution >= 4 is 22.5 Å². The molecule has 0 fully saturated rings. The SMILES string of the molecule is CNC(=O)c1c(C(F)(F)F)n(C)c2cc(N=O)ccc12. The molecule has 5 nitrogen and oxygen atoms in total. The summed E-state index contributed by atoms with van der Waals surface area (Å²) in [5.41, 5.74) is -1.41. The molecule has 106 valence electrons. The molecule has 0 bridgehead atoms. The van der Waals surface area contributed by atoms with Crippen LogP contribution in [0.3, 0.4) is 0 Å². The van der Waals surface area contributed by atoms with Crippen molar-refractivity contribution in [3.05, 3.63) is 34.4 Å². The van der Waals surface area contributed by atoms with Crippen LogP contribution in [0.25, 0.3) is 10.9 Å². The lowest BCUT2D eigenvalue weighted by Gasteiger charge is -2.10. The lowest BCUT2D eigenvalue weighted by atomic mass is 10.1. The molecule has 0 unspecified atom stereocenters. The van der Waals surface area contributed by atoms with E-state index in [4.69, 9.17) is 0 Å². The quantitative estimate of drug-likeness (QED) is 0.862. The van der Waals surface area contributed by atoms with E-state index in [0.29, 0.717) is 0 Å². The molecule has 0 saturated heterocycles. The van der Waals surface area contributed by atoms with Crippen molar-refractivity contribution in [1.29, 1.82) is 0 Å². The molecule has 8 heteroatoms. The van der Waals surface area contributed by atoms with E-state index in [9.17, 15) is 22.9 Å². The van der Waals surface area contributed by atoms with Gasteiger partial charge < -0.3 is 9.88 Å². The van der Waals surface area contributed by atoms with Crippen LogP contribution >= 0.6 is 0 Å². The van der Waals surface area contributed by atoms with Gasteiger partial charge in [0.2, 0.25) is 0 Å². The summed E-state index contributed by atoms with van der Waals surface area (Å²) < 4.78 is 40.3. The predicted octanol–water partition coefficient (Wildman–Crippen LogP) is 2.95. The number of carbonyl (C=O) groups excluding carboxylic acids is 1. The van der Waals surface area contributed by atoms with Gasteiger partial charge in [0.05, 0.1) is 11.1 Å². The fraction of sp³-hybridized carbons (Fsp3) is 0.250. The average Bonchev–Trinajstić information content (AvgIpc) is 2.70. The van der Waals surface area contributed by atoms with Crippen molar-refractivity contribution < 1.29 is 18.0 Å². The molecule has 0 saturated carbocycles. The number of alkyl halides is 3. The minimum Gasteiger partial charge on any atom is -0.355 e. The van der Waals surface area contributed by atoms with E-state index in [1.165, 1.54) is 32.3 Å². The molecule has 0 spiro atoms. The summed E-state index contributed by atoms with van der Waals surface area (Å²) >= 11 is 0. The fourth-order valence-corrected chi connectivity index (χ4v) is 2.17. The highest BCUT2D eigenvalue weighted by Gasteiger charge is 2.40. The first-order valence-corrected chi connectivity index (χ1v) is 5.56. The van der Waals surface area contributed by atoms with Gasteiger partial charge in [-0.1, -0.05) is 0 Å². The summed E-state index contributed by atoms with van der Waals surface area (Å²) in [4.78, 5) is 22.2. The Bertz CT molecular complexity index is 704. The second-order valence-corrected chi connectivity index (χ2v) is 4.15. The van der Waals surface area contributed by atoms with Gasteiger partial charge in [0.1, 0.15) is 11.4 Å². The minimum absolute atomic E-state index is 0.00437. The molecule has 1 aromatic heterocycles. The van der Waals surface area contributed by atoms with Crippen molar-refractivity contribution in [3.8, 4) is 0 Å². The Morgan fingerprint density at radius 2 is 2.00 bits per heavy atom. The zero-order valence-electron chi connectivity index (χ0n) is 10.6. The van der Waals surface area contributed by atoms with Crippen molar-refractivity contribution in [2.24, 2.45) is 12.2 Å². The Morgan fingerprint density at radius 1 is 1.35 bits per heavy atom. The maximum Gasteiger partial charge on any atom is 0.432 e. The zero-order valence-corrected chi connectivity index (χ0v) is 10.6. The van der Waals surface area contributed by atoms with Gasteiger partial charge in [-0.3, -0.25) is 4.79 Å². The van der Waals surface area contributed by atoms with Crippen molar-refractivity contribution in [1.82, 2.24) is 9.88 Å². The molecular formula is C12H10F3N3O2. The highest BCUT2D eigenvalue weighted by Crippen LogP contribution is 2.38. The van der Waals surface area contributed by atoms with Crippen LogP contribution in [0.2, 0.25) is 0 Å². The molecule has 1 N–H and O–H groups in total. The standard InChI is InChI=1S/C12H10F3N3O2/c1-16-11(19)9-7-4-3-6(17-20)5-8(7)18(2)10(9)12(13,14)15/h3-5H,1-2H3,(H,16,19). The van der Waals surface area contributed by atoms with E-state index in [1.807, 2.05) is 0 Å². The topological polar surface area (TPSA) is 63.5 Å². The van der Waals surface area contributed by atoms with E-state index in [-0.39, 0.29) is 16.6 Å². The lowest BCUT2D eigenvalue weighted by Crippen LogP contribution is -2.23. The van der Waals surface area contributed by atoms with Crippen molar-refractivity contribution in [3.63, 3.8) is 0 Å². The van der Waals surface area contributed by atoms with Crippen LogP contribution < -0.4 is 5.32 Å². The number of nitrogens with one attached hydrogen (secondary N) is 1. The highest BCUT2D eigenvalue weighted by atomic mass is 19.4. The van der Waals surface area contributed by atoms with Crippen LogP contribution in [0.5, 0.6) is 0 Å². The normalized spacial score (nSPS) is 11.7. The smallest absolute Gasteiger partial charge is 0.355 e. The third-order valence-electron chi connectivity index (χ3n) is 3.01. The number of amides is 1. The summed E-state index contributed by atoms with van der Waals surface area (Å²) in [7, 11) is 2.44. The van der Waals surface area contributed by atoms with Crippen LogP contribution in [0.15, 0.2) is 23.4 Å². The van der Waals surface area contributed by atoms with Gasteiger partial charge in [-0.15, -0.1) is 4.91 Å². The second kappa shape index (κ2) is 4.62. The van der Waals surface area contributed by atoms with Gasteiger partial charge in [0.25, 0.3) is 5.91 Å². The molecule has 1 aromatic carbocycles. The molecule has 0 aliphatic rings. The minimum atomic E-state index is -4.69. The first-order valence-electron chi connectivity index (χ1n) is 5.56. The Labute approximate surface area is 111 Å². The summed E-state index contributed by atoms with van der Waals surface area (Å²) in [6, 6.07) is 3.76. The van der Waals surface area contributed by atoms with Gasteiger partial charge >= 0.3 is 6.18 Å². The number of rotatable bonds is 2. The number of aryl methyl sites for hydroxylation is 1. The molecule has 1 heterocycles. The van der Waals surface area contributed by atoms with E-state index >= 15 is 0 Å². The van der Waals surface area contributed by atoms with E-state index in [2.05, 4.69) is 10.5 Å². The number of carbonyl (C=O) groups is 1. The van der Waals surface area contributed by atoms with Crippen LogP contribution in [0.1, 0.15) is 16.1 Å². The number of nitrogens with zero attached hydrogens (tertiary/aromatic N) is 2.